The molecule has 1 aromatic carbocycles. The van der Waals surface area contributed by atoms with Gasteiger partial charge in [-0.3, -0.25) is 4.98 Å². The first-order valence-corrected chi connectivity index (χ1v) is 7.05. The molecule has 0 aliphatic heterocycles. The molecule has 0 aliphatic carbocycles. The van der Waals surface area contributed by atoms with Crippen LogP contribution < -0.4 is 9.88 Å². The molecular formula is C13H12N2O3S. The molecular weight excluding hydrogens is 264 g/mol. The number of nitrogens with zero attached hydrogens (tertiary/aromatic N) is 1. The van der Waals surface area contributed by atoms with Gasteiger partial charge in [0.1, 0.15) is 10.6 Å². The number of terminal acetylenes is 1. The molecule has 0 spiro atoms. The fraction of sp³-hybridized carbons (Fsp3) is 0.154. The summed E-state index contributed by atoms with van der Waals surface area (Å²) in [6.45, 7) is 0.356. The Balaban J connectivity index is 2.56. The minimum absolute atomic E-state index is 0.0209. The monoisotopic (exact) mass is 276 g/mol. The molecule has 0 radical (unpaired) electrons. The smallest absolute Gasteiger partial charge is 0.240 e. The number of sulfonamides is 1. The Morgan fingerprint density at radius 3 is 2.84 bits per heavy atom. The minimum Gasteiger partial charge on any atom is -0.492 e. The number of fused-ring (bicyclic) bond motifs is 1. The number of benzene rings is 1. The van der Waals surface area contributed by atoms with Crippen LogP contribution in [0.5, 0.6) is 5.75 Å². The lowest BCUT2D eigenvalue weighted by Crippen LogP contribution is -2.13. The molecule has 0 unspecified atom stereocenters. The van der Waals surface area contributed by atoms with Crippen molar-refractivity contribution in [3.05, 3.63) is 30.5 Å². The highest BCUT2D eigenvalue weighted by atomic mass is 32.2. The fourth-order valence-corrected chi connectivity index (χ4v) is 2.39. The Bertz CT molecular complexity index is 748. The normalized spacial score (nSPS) is 11.2. The third-order valence-corrected chi connectivity index (χ3v) is 3.45. The Labute approximate surface area is 111 Å². The molecule has 1 aromatic heterocycles. The van der Waals surface area contributed by atoms with Gasteiger partial charge in [0.15, 0.2) is 0 Å². The van der Waals surface area contributed by atoms with Crippen LogP contribution in [0.4, 0.5) is 0 Å². The SMILES string of the molecule is C#CCCOc1ccc(S(N)(=O)=O)c2ncccc12. The number of rotatable bonds is 4. The average Bonchev–Trinajstić information content (AvgIpc) is 2.37. The molecule has 2 aromatic rings. The summed E-state index contributed by atoms with van der Waals surface area (Å²) in [5.74, 6) is 3.00. The zero-order valence-electron chi connectivity index (χ0n) is 10.0. The lowest BCUT2D eigenvalue weighted by Gasteiger charge is -2.10. The summed E-state index contributed by atoms with van der Waals surface area (Å²) in [4.78, 5) is 4.04. The van der Waals surface area contributed by atoms with Crippen LogP contribution in [-0.4, -0.2) is 20.0 Å². The maximum atomic E-state index is 11.5. The van der Waals surface area contributed by atoms with E-state index in [2.05, 4.69) is 10.9 Å². The predicted octanol–water partition coefficient (Wildman–Crippen LogP) is 1.28. The molecule has 98 valence electrons. The summed E-state index contributed by atoms with van der Waals surface area (Å²) in [5.41, 5.74) is 0.295. The second-order valence-electron chi connectivity index (χ2n) is 3.81. The van der Waals surface area contributed by atoms with Gasteiger partial charge in [0.25, 0.3) is 0 Å². The van der Waals surface area contributed by atoms with Gasteiger partial charge in [-0.05, 0) is 24.3 Å². The van der Waals surface area contributed by atoms with Crippen LogP contribution in [0.3, 0.4) is 0 Å². The number of nitrogens with two attached hydrogens (primary N) is 1. The van der Waals surface area contributed by atoms with Gasteiger partial charge in [-0.1, -0.05) is 0 Å². The molecule has 6 heteroatoms. The number of primary sulfonamides is 1. The molecule has 0 aliphatic rings. The maximum Gasteiger partial charge on any atom is 0.240 e. The first-order valence-electron chi connectivity index (χ1n) is 5.51. The Hall–Kier alpha value is -2.10. The summed E-state index contributed by atoms with van der Waals surface area (Å²) < 4.78 is 28.5. The van der Waals surface area contributed by atoms with Crippen molar-refractivity contribution in [2.75, 3.05) is 6.61 Å². The van der Waals surface area contributed by atoms with E-state index in [0.717, 1.165) is 0 Å². The van der Waals surface area contributed by atoms with Crippen LogP contribution in [-0.2, 0) is 10.0 Å². The van der Waals surface area contributed by atoms with Crippen LogP contribution in [0.1, 0.15) is 6.42 Å². The van der Waals surface area contributed by atoms with Crippen molar-refractivity contribution in [2.45, 2.75) is 11.3 Å². The average molecular weight is 276 g/mol. The molecule has 5 nitrogen and oxygen atoms in total. The molecule has 0 saturated heterocycles. The van der Waals surface area contributed by atoms with Crippen molar-refractivity contribution < 1.29 is 13.2 Å². The maximum absolute atomic E-state index is 11.5. The fourth-order valence-electron chi connectivity index (χ4n) is 1.70. The van der Waals surface area contributed by atoms with Gasteiger partial charge in [-0.2, -0.15) is 0 Å². The molecule has 0 fully saturated rings. The van der Waals surface area contributed by atoms with Gasteiger partial charge >= 0.3 is 0 Å². The lowest BCUT2D eigenvalue weighted by molar-refractivity contribution is 0.331. The quantitative estimate of drug-likeness (QED) is 0.673. The topological polar surface area (TPSA) is 82.3 Å². The van der Waals surface area contributed by atoms with Crippen molar-refractivity contribution >= 4 is 20.9 Å². The van der Waals surface area contributed by atoms with Crippen molar-refractivity contribution in [1.82, 2.24) is 4.98 Å². The highest BCUT2D eigenvalue weighted by Gasteiger charge is 2.15. The largest absolute Gasteiger partial charge is 0.492 e. The molecule has 0 bridgehead atoms. The second kappa shape index (κ2) is 5.26. The van der Waals surface area contributed by atoms with E-state index in [4.69, 9.17) is 16.3 Å². The first-order chi connectivity index (χ1) is 9.04. The van der Waals surface area contributed by atoms with E-state index < -0.39 is 10.0 Å². The summed E-state index contributed by atoms with van der Waals surface area (Å²) in [6.07, 6.45) is 7.12. The van der Waals surface area contributed by atoms with Crippen LogP contribution in [0, 0.1) is 12.3 Å². The Kier molecular flexibility index (Phi) is 3.69. The van der Waals surface area contributed by atoms with E-state index in [1.54, 1.807) is 18.2 Å². The Morgan fingerprint density at radius 1 is 1.37 bits per heavy atom. The van der Waals surface area contributed by atoms with Crippen molar-refractivity contribution in [3.63, 3.8) is 0 Å². The van der Waals surface area contributed by atoms with E-state index in [9.17, 15) is 8.42 Å². The number of aromatic nitrogens is 1. The highest BCUT2D eigenvalue weighted by molar-refractivity contribution is 7.89. The molecule has 0 saturated carbocycles. The summed E-state index contributed by atoms with van der Waals surface area (Å²) >= 11 is 0. The van der Waals surface area contributed by atoms with Gasteiger partial charge in [-0.15, -0.1) is 12.3 Å². The molecule has 0 atom stereocenters. The molecule has 2 N–H and O–H groups in total. The zero-order valence-corrected chi connectivity index (χ0v) is 10.9. The number of hydrogen-bond acceptors (Lipinski definition) is 4. The van der Waals surface area contributed by atoms with Gasteiger partial charge in [0.05, 0.1) is 12.1 Å². The van der Waals surface area contributed by atoms with Crippen molar-refractivity contribution in [2.24, 2.45) is 5.14 Å². The van der Waals surface area contributed by atoms with Gasteiger partial charge in [0, 0.05) is 18.0 Å². The van der Waals surface area contributed by atoms with E-state index in [-0.39, 0.29) is 4.90 Å². The lowest BCUT2D eigenvalue weighted by atomic mass is 10.2. The molecule has 0 amide bonds. The third kappa shape index (κ3) is 2.84. The van der Waals surface area contributed by atoms with Crippen molar-refractivity contribution in [3.8, 4) is 18.1 Å². The minimum atomic E-state index is -3.82. The van der Waals surface area contributed by atoms with Crippen LogP contribution in [0.15, 0.2) is 35.4 Å². The van der Waals surface area contributed by atoms with Gasteiger partial charge in [0.2, 0.25) is 10.0 Å². The molecule has 1 heterocycles. The third-order valence-electron chi connectivity index (χ3n) is 2.50. The Morgan fingerprint density at radius 2 is 2.16 bits per heavy atom. The van der Waals surface area contributed by atoms with Crippen molar-refractivity contribution in [1.29, 1.82) is 0 Å². The summed E-state index contributed by atoms with van der Waals surface area (Å²) in [7, 11) is -3.82. The zero-order chi connectivity index (χ0) is 13.9. The van der Waals surface area contributed by atoms with Crippen LogP contribution in [0.25, 0.3) is 10.9 Å². The standard InChI is InChI=1S/C13H12N2O3S/c1-2-3-9-18-11-6-7-12(19(14,16)17)13-10(11)5-4-8-15-13/h1,4-8H,3,9H2,(H2,14,16,17). The van der Waals surface area contributed by atoms with E-state index >= 15 is 0 Å². The van der Waals surface area contributed by atoms with Gasteiger partial charge in [-0.25, -0.2) is 13.6 Å². The van der Waals surface area contributed by atoms with Crippen LogP contribution in [0.2, 0.25) is 0 Å². The number of hydrogen-bond donors (Lipinski definition) is 1. The van der Waals surface area contributed by atoms with E-state index in [1.165, 1.54) is 12.3 Å². The summed E-state index contributed by atoms with van der Waals surface area (Å²) in [5, 5.41) is 5.75. The van der Waals surface area contributed by atoms with Crippen LogP contribution >= 0.6 is 0 Å². The molecule has 2 rings (SSSR count). The number of pyridine rings is 1. The molecule has 19 heavy (non-hydrogen) atoms. The van der Waals surface area contributed by atoms with E-state index in [1.807, 2.05) is 0 Å². The van der Waals surface area contributed by atoms with E-state index in [0.29, 0.717) is 29.7 Å². The van der Waals surface area contributed by atoms with Gasteiger partial charge < -0.3 is 4.74 Å². The number of ether oxygens (including phenoxy) is 1. The predicted molar refractivity (Wildman–Crippen MR) is 72.1 cm³/mol. The highest BCUT2D eigenvalue weighted by Crippen LogP contribution is 2.28. The first kappa shape index (κ1) is 13.3. The second-order valence-corrected chi connectivity index (χ2v) is 5.34. The summed E-state index contributed by atoms with van der Waals surface area (Å²) in [6, 6.07) is 6.36.